The average molecular weight is 352 g/mol. The summed E-state index contributed by atoms with van der Waals surface area (Å²) in [5.41, 5.74) is 2.47. The van der Waals surface area contributed by atoms with Gasteiger partial charge >= 0.3 is 0 Å². The molecule has 1 aliphatic rings. The Morgan fingerprint density at radius 3 is 2.81 bits per heavy atom. The molecule has 1 aromatic heterocycles. The molecule has 6 nitrogen and oxygen atoms in total. The van der Waals surface area contributed by atoms with E-state index in [9.17, 15) is 0 Å². The summed E-state index contributed by atoms with van der Waals surface area (Å²) in [5, 5.41) is 6.95. The van der Waals surface area contributed by atoms with Crippen molar-refractivity contribution in [2.75, 3.05) is 44.0 Å². The highest BCUT2D eigenvalue weighted by molar-refractivity contribution is 5.80. The molecule has 1 aromatic carbocycles. The molecule has 0 bridgehead atoms. The second-order valence-corrected chi connectivity index (χ2v) is 6.75. The molecule has 26 heavy (non-hydrogen) atoms. The van der Waals surface area contributed by atoms with E-state index in [4.69, 9.17) is 0 Å². The van der Waals surface area contributed by atoms with Gasteiger partial charge in [-0.2, -0.15) is 0 Å². The standard InChI is InChI=1S/C20H28N6/c1-21-20(23-14-16-9-11-22-19(13-16)25(2)3)24-17-10-12-26(15-17)18-7-5-4-6-8-18/h4-9,11,13,17H,10,12,14-15H2,1-3H3,(H2,21,23,24). The number of para-hydroxylation sites is 1. The first-order chi connectivity index (χ1) is 12.7. The topological polar surface area (TPSA) is 55.8 Å². The zero-order valence-electron chi connectivity index (χ0n) is 15.8. The van der Waals surface area contributed by atoms with Gasteiger partial charge in [0, 0.05) is 58.7 Å². The van der Waals surface area contributed by atoms with Crippen LogP contribution in [-0.2, 0) is 6.54 Å². The molecule has 3 rings (SSSR count). The van der Waals surface area contributed by atoms with Crippen LogP contribution in [0.4, 0.5) is 11.5 Å². The molecule has 1 saturated heterocycles. The maximum absolute atomic E-state index is 4.37. The Kier molecular flexibility index (Phi) is 5.94. The van der Waals surface area contributed by atoms with Gasteiger partial charge in [0.05, 0.1) is 0 Å². The molecular formula is C20H28N6. The van der Waals surface area contributed by atoms with Crippen LogP contribution in [-0.4, -0.2) is 51.2 Å². The van der Waals surface area contributed by atoms with Crippen LogP contribution in [0.25, 0.3) is 0 Å². The fraction of sp³-hybridized carbons (Fsp3) is 0.400. The quantitative estimate of drug-likeness (QED) is 0.637. The monoisotopic (exact) mass is 352 g/mol. The Morgan fingerprint density at radius 1 is 1.27 bits per heavy atom. The highest BCUT2D eigenvalue weighted by Crippen LogP contribution is 2.19. The second-order valence-electron chi connectivity index (χ2n) is 6.75. The summed E-state index contributed by atoms with van der Waals surface area (Å²) in [6, 6.07) is 15.1. The van der Waals surface area contributed by atoms with Crippen LogP contribution in [0.15, 0.2) is 53.7 Å². The molecule has 2 N–H and O–H groups in total. The van der Waals surface area contributed by atoms with Gasteiger partial charge in [0.1, 0.15) is 5.82 Å². The van der Waals surface area contributed by atoms with Crippen LogP contribution >= 0.6 is 0 Å². The SMILES string of the molecule is CN=C(NCc1ccnc(N(C)C)c1)NC1CCN(c2ccccc2)C1. The van der Waals surface area contributed by atoms with Crippen molar-refractivity contribution >= 4 is 17.5 Å². The highest BCUT2D eigenvalue weighted by atomic mass is 15.2. The first-order valence-corrected chi connectivity index (χ1v) is 9.05. The number of rotatable bonds is 5. The normalized spacial score (nSPS) is 17.3. The van der Waals surface area contributed by atoms with Crippen molar-refractivity contribution in [1.29, 1.82) is 0 Å². The van der Waals surface area contributed by atoms with Gasteiger partial charge in [0.15, 0.2) is 5.96 Å². The molecule has 1 aliphatic heterocycles. The number of nitrogens with zero attached hydrogens (tertiary/aromatic N) is 4. The van der Waals surface area contributed by atoms with Crippen molar-refractivity contribution in [1.82, 2.24) is 15.6 Å². The zero-order valence-corrected chi connectivity index (χ0v) is 15.8. The van der Waals surface area contributed by atoms with Gasteiger partial charge in [-0.15, -0.1) is 0 Å². The largest absolute Gasteiger partial charge is 0.369 e. The predicted molar refractivity (Wildman–Crippen MR) is 109 cm³/mol. The Labute approximate surface area is 156 Å². The number of anilines is 2. The lowest BCUT2D eigenvalue weighted by Crippen LogP contribution is -2.44. The number of benzene rings is 1. The molecule has 0 radical (unpaired) electrons. The Hall–Kier alpha value is -2.76. The molecular weight excluding hydrogens is 324 g/mol. The number of hydrogen-bond acceptors (Lipinski definition) is 4. The molecule has 2 aromatic rings. The van der Waals surface area contributed by atoms with Crippen LogP contribution in [0.5, 0.6) is 0 Å². The Bertz CT molecular complexity index is 728. The number of aliphatic imine (C=N–C) groups is 1. The molecule has 6 heteroatoms. The van der Waals surface area contributed by atoms with E-state index in [2.05, 4.69) is 61.9 Å². The minimum Gasteiger partial charge on any atom is -0.369 e. The van der Waals surface area contributed by atoms with Crippen molar-refractivity contribution < 1.29 is 0 Å². The summed E-state index contributed by atoms with van der Waals surface area (Å²) in [5.74, 6) is 1.80. The Balaban J connectivity index is 1.52. The predicted octanol–water partition coefficient (Wildman–Crippen LogP) is 2.09. The molecule has 0 spiro atoms. The summed E-state index contributed by atoms with van der Waals surface area (Å²) < 4.78 is 0. The summed E-state index contributed by atoms with van der Waals surface area (Å²) in [7, 11) is 5.81. The lowest BCUT2D eigenvalue weighted by Gasteiger charge is -2.20. The van der Waals surface area contributed by atoms with Crippen LogP contribution < -0.4 is 20.4 Å². The molecule has 138 valence electrons. The van der Waals surface area contributed by atoms with Crippen molar-refractivity contribution in [3.63, 3.8) is 0 Å². The number of nitrogens with one attached hydrogen (secondary N) is 2. The van der Waals surface area contributed by atoms with Crippen LogP contribution in [0.1, 0.15) is 12.0 Å². The molecule has 2 heterocycles. The van der Waals surface area contributed by atoms with E-state index in [1.54, 1.807) is 0 Å². The zero-order chi connectivity index (χ0) is 18.4. The number of aromatic nitrogens is 1. The van der Waals surface area contributed by atoms with Crippen molar-refractivity contribution in [2.24, 2.45) is 4.99 Å². The van der Waals surface area contributed by atoms with Gasteiger partial charge in [0.2, 0.25) is 0 Å². The van der Waals surface area contributed by atoms with Gasteiger partial charge < -0.3 is 20.4 Å². The van der Waals surface area contributed by atoms with Gasteiger partial charge in [-0.25, -0.2) is 4.98 Å². The summed E-state index contributed by atoms with van der Waals surface area (Å²) >= 11 is 0. The van der Waals surface area contributed by atoms with E-state index in [0.717, 1.165) is 37.8 Å². The van der Waals surface area contributed by atoms with E-state index in [1.807, 2.05) is 38.3 Å². The minimum atomic E-state index is 0.399. The summed E-state index contributed by atoms with van der Waals surface area (Å²) in [6.45, 7) is 2.78. The smallest absolute Gasteiger partial charge is 0.191 e. The third-order valence-electron chi connectivity index (χ3n) is 4.60. The van der Waals surface area contributed by atoms with Crippen molar-refractivity contribution in [3.05, 3.63) is 54.2 Å². The van der Waals surface area contributed by atoms with E-state index in [1.165, 1.54) is 11.3 Å². The van der Waals surface area contributed by atoms with Gasteiger partial charge in [-0.05, 0) is 36.2 Å². The second kappa shape index (κ2) is 8.56. The van der Waals surface area contributed by atoms with Crippen LogP contribution in [0.3, 0.4) is 0 Å². The fourth-order valence-electron chi connectivity index (χ4n) is 3.14. The lowest BCUT2D eigenvalue weighted by molar-refractivity contribution is 0.648. The Morgan fingerprint density at radius 2 is 2.08 bits per heavy atom. The third-order valence-corrected chi connectivity index (χ3v) is 4.60. The minimum absolute atomic E-state index is 0.399. The van der Waals surface area contributed by atoms with Crippen molar-refractivity contribution in [3.8, 4) is 0 Å². The number of guanidine groups is 1. The summed E-state index contributed by atoms with van der Waals surface area (Å²) in [6.07, 6.45) is 2.95. The number of hydrogen-bond donors (Lipinski definition) is 2. The summed E-state index contributed by atoms with van der Waals surface area (Å²) in [4.78, 5) is 13.1. The maximum atomic E-state index is 4.37. The van der Waals surface area contributed by atoms with Crippen LogP contribution in [0.2, 0.25) is 0 Å². The molecule has 0 aliphatic carbocycles. The fourth-order valence-corrected chi connectivity index (χ4v) is 3.14. The van der Waals surface area contributed by atoms with Gasteiger partial charge in [-0.1, -0.05) is 18.2 Å². The van der Waals surface area contributed by atoms with Gasteiger partial charge in [0.25, 0.3) is 0 Å². The lowest BCUT2D eigenvalue weighted by atomic mass is 10.2. The molecule has 1 atom stereocenters. The van der Waals surface area contributed by atoms with E-state index in [0.29, 0.717) is 6.04 Å². The number of pyridine rings is 1. The van der Waals surface area contributed by atoms with Crippen LogP contribution in [0, 0.1) is 0 Å². The first kappa shape index (κ1) is 18.0. The third kappa shape index (κ3) is 4.65. The average Bonchev–Trinajstić information content (AvgIpc) is 3.14. The maximum Gasteiger partial charge on any atom is 0.191 e. The van der Waals surface area contributed by atoms with Gasteiger partial charge in [-0.3, -0.25) is 4.99 Å². The highest BCUT2D eigenvalue weighted by Gasteiger charge is 2.23. The molecule has 1 unspecified atom stereocenters. The molecule has 0 amide bonds. The van der Waals surface area contributed by atoms with E-state index < -0.39 is 0 Å². The molecule has 0 saturated carbocycles. The van der Waals surface area contributed by atoms with Crippen molar-refractivity contribution in [2.45, 2.75) is 19.0 Å². The molecule has 1 fully saturated rings. The first-order valence-electron chi connectivity index (χ1n) is 9.05. The van der Waals surface area contributed by atoms with E-state index in [-0.39, 0.29) is 0 Å². The van der Waals surface area contributed by atoms with E-state index >= 15 is 0 Å².